The van der Waals surface area contributed by atoms with Crippen molar-refractivity contribution in [3.8, 4) is 85.6 Å². The van der Waals surface area contributed by atoms with Crippen LogP contribution in [0.4, 0.5) is 28.4 Å². The molecule has 8 nitrogen and oxygen atoms in total. The molecule has 2 unspecified atom stereocenters. The highest BCUT2D eigenvalue weighted by Crippen LogP contribution is 2.52. The van der Waals surface area contributed by atoms with Crippen LogP contribution in [0.3, 0.4) is 0 Å². The Balaban J connectivity index is 0.836. The summed E-state index contributed by atoms with van der Waals surface area (Å²) >= 11 is 0. The van der Waals surface area contributed by atoms with E-state index in [0.717, 1.165) is 156 Å². The van der Waals surface area contributed by atoms with Crippen molar-refractivity contribution in [2.45, 2.75) is 12.0 Å². The van der Waals surface area contributed by atoms with Gasteiger partial charge < -0.3 is 23.7 Å². The van der Waals surface area contributed by atoms with Crippen molar-refractivity contribution in [2.24, 2.45) is 0 Å². The van der Waals surface area contributed by atoms with Crippen LogP contribution in [-0.4, -0.2) is 21.9 Å². The third-order valence-electron chi connectivity index (χ3n) is 20.2. The van der Waals surface area contributed by atoms with Crippen molar-refractivity contribution < 1.29 is 4.74 Å². The zero-order chi connectivity index (χ0) is 63.7. The molecule has 0 amide bonds. The monoisotopic (exact) mass is 1220 g/mol. The number of anilines is 5. The SMILES string of the molecule is N#Cc1ccc(N2c3ccccc3C3C=CC=CC32)c(-c2ccc(-c3cc4c5c(c3)N(c3ccccc3-c3ccccc3)c3cc(-n6c7ccccc7c7cc(C#N)ccc76)ccc3B5c3ccc(-c5cc(C#N)ccc5-n5c6ccccc6c6ccccc65)cc3O4)cc2)c1. The molecule has 4 aliphatic rings. The van der Waals surface area contributed by atoms with E-state index in [1.165, 1.54) is 5.56 Å². The molecule has 5 heterocycles. The molecule has 3 aliphatic heterocycles. The number of para-hydroxylation sites is 5. The molecule has 96 heavy (non-hydrogen) atoms. The van der Waals surface area contributed by atoms with E-state index in [4.69, 9.17) is 4.74 Å². The Hall–Kier alpha value is -13.1. The van der Waals surface area contributed by atoms with E-state index in [1.54, 1.807) is 0 Å². The van der Waals surface area contributed by atoms with Crippen molar-refractivity contribution in [1.82, 2.24) is 9.13 Å². The Morgan fingerprint density at radius 1 is 0.344 bits per heavy atom. The van der Waals surface area contributed by atoms with Gasteiger partial charge in [0.25, 0.3) is 6.71 Å². The highest BCUT2D eigenvalue weighted by atomic mass is 16.5. The maximum Gasteiger partial charge on any atom is 0.256 e. The smallest absolute Gasteiger partial charge is 0.256 e. The van der Waals surface area contributed by atoms with Gasteiger partial charge in [0.1, 0.15) is 11.5 Å². The quantitative estimate of drug-likeness (QED) is 0.141. The molecule has 2 atom stereocenters. The van der Waals surface area contributed by atoms with Crippen LogP contribution in [0.15, 0.2) is 303 Å². The number of rotatable bonds is 8. The Bertz CT molecular complexity index is 5980. The van der Waals surface area contributed by atoms with E-state index in [9.17, 15) is 15.8 Å². The van der Waals surface area contributed by atoms with Crippen LogP contribution in [-0.2, 0) is 0 Å². The second-order valence-corrected chi connectivity index (χ2v) is 25.2. The van der Waals surface area contributed by atoms with Gasteiger partial charge in [0.2, 0.25) is 0 Å². The van der Waals surface area contributed by atoms with E-state index in [-0.39, 0.29) is 18.7 Å². The van der Waals surface area contributed by atoms with Gasteiger partial charge in [-0.1, -0.05) is 188 Å². The molecule has 1 aliphatic carbocycles. The average molecular weight is 1220 g/mol. The molecule has 0 N–H and O–H groups in total. The number of allylic oxidation sites excluding steroid dienone is 2. The lowest BCUT2D eigenvalue weighted by Gasteiger charge is -2.41. The number of hydrogen-bond acceptors (Lipinski definition) is 6. The van der Waals surface area contributed by atoms with Crippen molar-refractivity contribution in [3.63, 3.8) is 0 Å². The first-order chi connectivity index (χ1) is 47.5. The fourth-order valence-corrected chi connectivity index (χ4v) is 16.0. The predicted octanol–water partition coefficient (Wildman–Crippen LogP) is 19.3. The summed E-state index contributed by atoms with van der Waals surface area (Å²) in [6, 6.07) is 106. The van der Waals surface area contributed by atoms with E-state index < -0.39 is 0 Å². The summed E-state index contributed by atoms with van der Waals surface area (Å²) in [7, 11) is 0. The van der Waals surface area contributed by atoms with Gasteiger partial charge >= 0.3 is 0 Å². The topological polar surface area (TPSA) is 96.9 Å². The van der Waals surface area contributed by atoms with Crippen LogP contribution in [0.2, 0.25) is 0 Å². The zero-order valence-corrected chi connectivity index (χ0v) is 51.6. The molecular formula is C87H52BN7O. The molecule has 2 aromatic heterocycles. The molecule has 0 saturated carbocycles. The number of hydrogen-bond donors (Lipinski definition) is 0. The lowest BCUT2D eigenvalue weighted by Crippen LogP contribution is -2.59. The van der Waals surface area contributed by atoms with Crippen LogP contribution in [0.5, 0.6) is 11.5 Å². The predicted molar refractivity (Wildman–Crippen MR) is 390 cm³/mol. The van der Waals surface area contributed by atoms with E-state index in [0.29, 0.717) is 16.7 Å². The van der Waals surface area contributed by atoms with Gasteiger partial charge in [0.05, 0.1) is 74.4 Å². The van der Waals surface area contributed by atoms with E-state index >= 15 is 0 Å². The van der Waals surface area contributed by atoms with Crippen LogP contribution in [0.1, 0.15) is 28.2 Å². The summed E-state index contributed by atoms with van der Waals surface area (Å²) in [6.07, 6.45) is 8.88. The highest BCUT2D eigenvalue weighted by Gasteiger charge is 2.44. The van der Waals surface area contributed by atoms with Crippen LogP contribution in [0, 0.1) is 34.0 Å². The molecule has 0 radical (unpaired) electrons. The average Bonchev–Trinajstić information content (AvgIpc) is 0.859. The fraction of sp³-hybridized carbons (Fsp3) is 0.0230. The van der Waals surface area contributed by atoms with Crippen LogP contribution in [0.25, 0.3) is 99.5 Å². The molecular weight excluding hydrogens is 1170 g/mol. The lowest BCUT2D eigenvalue weighted by molar-refractivity contribution is 0.488. The van der Waals surface area contributed by atoms with Crippen molar-refractivity contribution in [2.75, 3.05) is 9.80 Å². The molecule has 0 spiro atoms. The molecule has 13 aromatic carbocycles. The summed E-state index contributed by atoms with van der Waals surface area (Å²) in [6.45, 7) is -0.289. The van der Waals surface area contributed by atoms with E-state index in [1.807, 2.05) is 36.4 Å². The Morgan fingerprint density at radius 3 is 1.66 bits per heavy atom. The Kier molecular flexibility index (Phi) is 12.2. The van der Waals surface area contributed by atoms with E-state index in [2.05, 4.69) is 304 Å². The van der Waals surface area contributed by atoms with Gasteiger partial charge in [-0.15, -0.1) is 0 Å². The van der Waals surface area contributed by atoms with Crippen LogP contribution < -0.4 is 30.9 Å². The third kappa shape index (κ3) is 8.26. The van der Waals surface area contributed by atoms with Gasteiger partial charge in [-0.3, -0.25) is 0 Å². The second-order valence-electron chi connectivity index (χ2n) is 25.2. The number of aromatic nitrogens is 2. The molecule has 15 aromatic rings. The summed E-state index contributed by atoms with van der Waals surface area (Å²) in [5, 5.41) is 35.6. The molecule has 9 heteroatoms. The first-order valence-corrected chi connectivity index (χ1v) is 32.4. The molecule has 0 fully saturated rings. The van der Waals surface area contributed by atoms with Crippen LogP contribution >= 0.6 is 0 Å². The number of nitrogens with zero attached hydrogens (tertiary/aromatic N) is 7. The summed E-state index contributed by atoms with van der Waals surface area (Å²) in [5.41, 5.74) is 25.4. The van der Waals surface area contributed by atoms with Gasteiger partial charge in [0, 0.05) is 72.6 Å². The van der Waals surface area contributed by atoms with Gasteiger partial charge in [-0.05, 0) is 165 Å². The minimum absolute atomic E-state index is 0.0801. The highest BCUT2D eigenvalue weighted by molar-refractivity contribution is 6.99. The largest absolute Gasteiger partial charge is 0.458 e. The molecule has 0 saturated heterocycles. The summed E-state index contributed by atoms with van der Waals surface area (Å²) in [5.74, 6) is 1.66. The maximum absolute atomic E-state index is 10.6. The Labute approximate surface area is 554 Å². The Morgan fingerprint density at radius 2 is 0.906 bits per heavy atom. The molecule has 444 valence electrons. The molecule has 19 rings (SSSR count). The lowest BCUT2D eigenvalue weighted by atomic mass is 9.34. The number of ether oxygens (including phenoxy) is 1. The summed E-state index contributed by atoms with van der Waals surface area (Å²) in [4.78, 5) is 4.90. The van der Waals surface area contributed by atoms with Crippen molar-refractivity contribution in [3.05, 3.63) is 326 Å². The number of benzene rings is 13. The second kappa shape index (κ2) is 21.5. The summed E-state index contributed by atoms with van der Waals surface area (Å²) < 4.78 is 12.2. The maximum atomic E-state index is 10.6. The van der Waals surface area contributed by atoms with Gasteiger partial charge in [-0.25, -0.2) is 0 Å². The minimum atomic E-state index is -0.289. The first-order valence-electron chi connectivity index (χ1n) is 32.4. The van der Waals surface area contributed by atoms with Gasteiger partial charge in [-0.2, -0.15) is 15.8 Å². The molecule has 0 bridgehead atoms. The number of nitriles is 3. The standard InChI is InChI=1S/C87H52BN7O/c89-51-54-30-41-80(93-76-26-12-5-19-64(76)65-20-6-13-27-77(65)93)69(44-54)59-35-33-57(34-36-59)61-47-84-87-86(49-61)96-85-48-60(70-45-55(52-90)31-42-81(70)94-78-28-14-7-21-66(78)67-22-8-15-29-79(67)94)37-39-73(85)88(87)72-40-38-62(92-75-25-11-9-23-68(75)71-46-56(53-91)32-43-82(71)92)50-83(72)95(84)74-24-10-4-18-63(74)58-16-2-1-3-17-58/h1-50,64,76H. The first kappa shape index (κ1) is 54.6. The van der Waals surface area contributed by atoms with Crippen molar-refractivity contribution in [1.29, 1.82) is 15.8 Å². The van der Waals surface area contributed by atoms with Crippen molar-refractivity contribution >= 4 is 95.1 Å². The fourth-order valence-electron chi connectivity index (χ4n) is 16.0. The minimum Gasteiger partial charge on any atom is -0.458 e. The zero-order valence-electron chi connectivity index (χ0n) is 51.6. The third-order valence-corrected chi connectivity index (χ3v) is 20.2. The normalized spacial score (nSPS) is 14.6. The number of fused-ring (bicyclic) bond motifs is 13. The van der Waals surface area contributed by atoms with Gasteiger partial charge in [0.15, 0.2) is 0 Å².